The molecule has 0 bridgehead atoms. The third-order valence-electron chi connectivity index (χ3n) is 4.21. The van der Waals surface area contributed by atoms with Gasteiger partial charge in [-0.2, -0.15) is 0 Å². The molecule has 6 nitrogen and oxygen atoms in total. The molecule has 1 amide bonds. The van der Waals surface area contributed by atoms with E-state index in [0.29, 0.717) is 11.3 Å². The summed E-state index contributed by atoms with van der Waals surface area (Å²) >= 11 is 6.04. The number of rotatable bonds is 8. The lowest BCUT2D eigenvalue weighted by molar-refractivity contribution is -0.115. The van der Waals surface area contributed by atoms with Crippen molar-refractivity contribution in [3.63, 3.8) is 0 Å². The van der Waals surface area contributed by atoms with Gasteiger partial charge in [0.25, 0.3) is 6.43 Å². The van der Waals surface area contributed by atoms with Crippen LogP contribution >= 0.6 is 11.6 Å². The fourth-order valence-corrected chi connectivity index (χ4v) is 3.03. The maximum Gasteiger partial charge on any atom is 0.275 e. The van der Waals surface area contributed by atoms with E-state index >= 15 is 0 Å². The maximum atomic E-state index is 13.5. The van der Waals surface area contributed by atoms with Gasteiger partial charge in [-0.25, -0.2) is 27.5 Å². The molecule has 0 radical (unpaired) electrons. The predicted octanol–water partition coefficient (Wildman–Crippen LogP) is 5.80. The molecule has 3 aromatic rings. The van der Waals surface area contributed by atoms with Crippen LogP contribution < -0.4 is 10.1 Å². The zero-order valence-electron chi connectivity index (χ0n) is 16.6. The van der Waals surface area contributed by atoms with E-state index in [1.807, 2.05) is 0 Å². The number of amides is 1. The predicted molar refractivity (Wildman–Crippen MR) is 110 cm³/mol. The smallest absolute Gasteiger partial charge is 0.275 e. The lowest BCUT2D eigenvalue weighted by atomic mass is 10.1. The van der Waals surface area contributed by atoms with E-state index in [9.17, 15) is 22.4 Å². The summed E-state index contributed by atoms with van der Waals surface area (Å²) in [5.41, 5.74) is 0.0673. The average molecular weight is 469 g/mol. The minimum Gasteiger partial charge on any atom is -0.457 e. The second kappa shape index (κ2) is 10.4. The van der Waals surface area contributed by atoms with Crippen LogP contribution in [0.2, 0.25) is 5.02 Å². The van der Waals surface area contributed by atoms with Crippen molar-refractivity contribution in [2.45, 2.75) is 32.1 Å². The molecule has 2 atom stereocenters. The van der Waals surface area contributed by atoms with E-state index in [1.165, 1.54) is 13.0 Å². The lowest BCUT2D eigenvalue weighted by Crippen LogP contribution is -2.16. The molecule has 3 rings (SSSR count). The van der Waals surface area contributed by atoms with Crippen molar-refractivity contribution in [3.8, 4) is 11.5 Å². The highest BCUT2D eigenvalue weighted by Crippen LogP contribution is 2.29. The molecule has 0 aliphatic carbocycles. The van der Waals surface area contributed by atoms with E-state index in [2.05, 4.69) is 20.3 Å². The van der Waals surface area contributed by atoms with Crippen LogP contribution in [0.25, 0.3) is 0 Å². The molecule has 0 spiro atoms. The second-order valence-electron chi connectivity index (χ2n) is 6.66. The number of carbonyl (C=O) groups is 1. The van der Waals surface area contributed by atoms with Gasteiger partial charge in [-0.05, 0) is 30.7 Å². The van der Waals surface area contributed by atoms with Crippen molar-refractivity contribution in [3.05, 3.63) is 70.9 Å². The highest BCUT2D eigenvalue weighted by atomic mass is 35.5. The number of alkyl halides is 4. The van der Waals surface area contributed by atoms with Gasteiger partial charge < -0.3 is 10.1 Å². The summed E-state index contributed by atoms with van der Waals surface area (Å²) in [4.78, 5) is 23.6. The quantitative estimate of drug-likeness (QED) is 0.422. The van der Waals surface area contributed by atoms with Gasteiger partial charge in [-0.1, -0.05) is 23.7 Å². The molecular formula is C21H17ClF4N4O2. The second-order valence-corrected chi connectivity index (χ2v) is 7.04. The van der Waals surface area contributed by atoms with E-state index in [-0.39, 0.29) is 28.7 Å². The molecule has 32 heavy (non-hydrogen) atoms. The molecule has 0 saturated heterocycles. The molecule has 1 N–H and O–H groups in total. The Kier molecular flexibility index (Phi) is 7.57. The summed E-state index contributed by atoms with van der Waals surface area (Å²) in [6.45, 7) is 1.26. The number of nitrogens with zero attached hydrogens (tertiary/aromatic N) is 3. The molecule has 2 aromatic heterocycles. The highest BCUT2D eigenvalue weighted by Gasteiger charge is 2.23. The zero-order chi connectivity index (χ0) is 23.3. The van der Waals surface area contributed by atoms with Crippen LogP contribution in [-0.2, 0) is 11.2 Å². The lowest BCUT2D eigenvalue weighted by Gasteiger charge is -2.11. The molecular weight excluding hydrogens is 452 g/mol. The topological polar surface area (TPSA) is 77.0 Å². The van der Waals surface area contributed by atoms with Crippen LogP contribution in [0.3, 0.4) is 0 Å². The Morgan fingerprint density at radius 2 is 1.84 bits per heavy atom. The molecule has 1 aromatic carbocycles. The van der Waals surface area contributed by atoms with Crippen molar-refractivity contribution in [2.24, 2.45) is 0 Å². The van der Waals surface area contributed by atoms with Crippen LogP contribution in [-0.4, -0.2) is 27.3 Å². The number of benzene rings is 1. The Morgan fingerprint density at radius 1 is 1.09 bits per heavy atom. The summed E-state index contributed by atoms with van der Waals surface area (Å²) in [5.74, 6) is -0.0691. The Morgan fingerprint density at radius 3 is 2.56 bits per heavy atom. The number of pyridine rings is 1. The van der Waals surface area contributed by atoms with E-state index in [1.54, 1.807) is 24.3 Å². The Labute approximate surface area is 185 Å². The van der Waals surface area contributed by atoms with Gasteiger partial charge in [0.2, 0.25) is 12.1 Å². The van der Waals surface area contributed by atoms with Crippen LogP contribution in [0.5, 0.6) is 11.5 Å². The van der Waals surface area contributed by atoms with Gasteiger partial charge in [-0.3, -0.25) is 9.78 Å². The number of hydrogen-bond donors (Lipinski definition) is 1. The van der Waals surface area contributed by atoms with Crippen LogP contribution in [0.4, 0.5) is 23.4 Å². The monoisotopic (exact) mass is 468 g/mol. The van der Waals surface area contributed by atoms with Crippen molar-refractivity contribution in [1.29, 1.82) is 0 Å². The summed E-state index contributed by atoms with van der Waals surface area (Å²) in [6.07, 6.45) is -4.99. The van der Waals surface area contributed by atoms with Crippen molar-refractivity contribution in [1.82, 2.24) is 15.0 Å². The summed E-state index contributed by atoms with van der Waals surface area (Å²) in [6, 6.07) is 8.89. The molecule has 2 unspecified atom stereocenters. The number of ether oxygens (including phenoxy) is 1. The molecule has 0 saturated carbocycles. The maximum absolute atomic E-state index is 13.5. The fraction of sp³-hybridized carbons (Fsp3) is 0.238. The third kappa shape index (κ3) is 5.91. The number of nitrogens with one attached hydrogen (secondary N) is 1. The number of anilines is 1. The molecule has 0 fully saturated rings. The van der Waals surface area contributed by atoms with E-state index < -0.39 is 30.4 Å². The molecule has 0 aliphatic rings. The van der Waals surface area contributed by atoms with Gasteiger partial charge in [0.1, 0.15) is 29.0 Å². The van der Waals surface area contributed by atoms with Crippen molar-refractivity contribution < 1.29 is 27.1 Å². The van der Waals surface area contributed by atoms with E-state index in [4.69, 9.17) is 16.3 Å². The summed E-state index contributed by atoms with van der Waals surface area (Å²) in [7, 11) is 0. The minimum absolute atomic E-state index is 0.0114. The Balaban J connectivity index is 1.69. The minimum atomic E-state index is -3.20. The first-order valence-electron chi connectivity index (χ1n) is 9.34. The van der Waals surface area contributed by atoms with Crippen LogP contribution in [0, 0.1) is 0 Å². The average Bonchev–Trinajstić information content (AvgIpc) is 2.74. The first-order chi connectivity index (χ1) is 15.2. The number of hydrogen-bond acceptors (Lipinski definition) is 5. The highest BCUT2D eigenvalue weighted by molar-refractivity contribution is 6.34. The first kappa shape index (κ1) is 23.4. The molecule has 2 heterocycles. The fourth-order valence-electron chi connectivity index (χ4n) is 2.74. The summed E-state index contributed by atoms with van der Waals surface area (Å²) in [5, 5.41) is 2.42. The van der Waals surface area contributed by atoms with Gasteiger partial charge in [0.05, 0.1) is 17.8 Å². The van der Waals surface area contributed by atoms with Gasteiger partial charge >= 0.3 is 0 Å². The molecule has 0 aliphatic heterocycles. The Hall–Kier alpha value is -3.27. The standard InChI is InChI=1S/C21H17ClF4N4O2/c1-11(23)19-17(22)21(29-10-28-19)30-16(31)8-12-3-2-4-13(7-12)32-14-5-6-27-15(9-14)18(24)20(25)26/h2-7,9-11,18,20H,8H2,1H3,(H,28,29,30,31). The normalized spacial score (nSPS) is 13.0. The first-order valence-corrected chi connectivity index (χ1v) is 9.71. The van der Waals surface area contributed by atoms with E-state index in [0.717, 1.165) is 18.6 Å². The number of carbonyl (C=O) groups excluding carboxylic acids is 1. The largest absolute Gasteiger partial charge is 0.457 e. The van der Waals surface area contributed by atoms with Gasteiger partial charge in [0.15, 0.2) is 5.82 Å². The molecule has 168 valence electrons. The van der Waals surface area contributed by atoms with Crippen LogP contribution in [0.1, 0.15) is 36.2 Å². The van der Waals surface area contributed by atoms with Crippen molar-refractivity contribution in [2.75, 3.05) is 5.32 Å². The van der Waals surface area contributed by atoms with Crippen LogP contribution in [0.15, 0.2) is 48.9 Å². The number of aromatic nitrogens is 3. The molecule has 11 heteroatoms. The Bertz CT molecular complexity index is 1100. The van der Waals surface area contributed by atoms with Crippen molar-refractivity contribution >= 4 is 23.3 Å². The van der Waals surface area contributed by atoms with Gasteiger partial charge in [0, 0.05) is 12.3 Å². The number of halogens is 5. The zero-order valence-corrected chi connectivity index (χ0v) is 17.4. The van der Waals surface area contributed by atoms with Gasteiger partial charge in [-0.15, -0.1) is 0 Å². The third-order valence-corrected chi connectivity index (χ3v) is 4.58. The SMILES string of the molecule is CC(F)c1ncnc(NC(=O)Cc2cccc(Oc3ccnc(C(F)C(F)F)c3)c2)c1Cl. The summed E-state index contributed by atoms with van der Waals surface area (Å²) < 4.78 is 57.7.